The molecule has 3 N–H and O–H groups in total. The summed E-state index contributed by atoms with van der Waals surface area (Å²) >= 11 is 0. The normalized spacial score (nSPS) is 15.9. The molecule has 0 aromatic carbocycles. The van der Waals surface area contributed by atoms with Gasteiger partial charge < -0.3 is 10.8 Å². The van der Waals surface area contributed by atoms with Crippen LogP contribution < -0.4 is 5.73 Å². The SMILES string of the molecule is Cc1ccc(C(O)(CCN)C(F)(F)F)cn1. The van der Waals surface area contributed by atoms with E-state index in [0.29, 0.717) is 5.69 Å². The van der Waals surface area contributed by atoms with E-state index in [1.165, 1.54) is 12.1 Å². The minimum atomic E-state index is -4.76. The van der Waals surface area contributed by atoms with E-state index in [1.54, 1.807) is 6.92 Å². The highest BCUT2D eigenvalue weighted by atomic mass is 19.4. The highest BCUT2D eigenvalue weighted by molar-refractivity contribution is 5.22. The Balaban J connectivity index is 3.16. The van der Waals surface area contributed by atoms with Crippen molar-refractivity contribution >= 4 is 0 Å². The third kappa shape index (κ3) is 2.33. The maximum Gasteiger partial charge on any atom is 0.421 e. The quantitative estimate of drug-likeness (QED) is 0.833. The molecular weight excluding hydrogens is 221 g/mol. The molecule has 1 heterocycles. The molecule has 1 aromatic heterocycles. The van der Waals surface area contributed by atoms with Gasteiger partial charge in [-0.3, -0.25) is 4.98 Å². The number of aromatic nitrogens is 1. The molecule has 0 saturated carbocycles. The first kappa shape index (κ1) is 12.9. The van der Waals surface area contributed by atoms with Crippen molar-refractivity contribution in [2.45, 2.75) is 25.1 Å². The van der Waals surface area contributed by atoms with Gasteiger partial charge in [-0.25, -0.2) is 0 Å². The van der Waals surface area contributed by atoms with Gasteiger partial charge in [-0.2, -0.15) is 13.2 Å². The maximum absolute atomic E-state index is 12.7. The molecule has 1 rings (SSSR count). The highest BCUT2D eigenvalue weighted by Gasteiger charge is 2.54. The molecule has 0 saturated heterocycles. The molecule has 0 spiro atoms. The molecule has 1 aromatic rings. The van der Waals surface area contributed by atoms with Crippen molar-refractivity contribution in [3.05, 3.63) is 29.6 Å². The predicted molar refractivity (Wildman–Crippen MR) is 52.6 cm³/mol. The molecule has 0 amide bonds. The van der Waals surface area contributed by atoms with Crippen LogP contribution >= 0.6 is 0 Å². The Hall–Kier alpha value is -1.14. The highest BCUT2D eigenvalue weighted by Crippen LogP contribution is 2.40. The van der Waals surface area contributed by atoms with Gasteiger partial charge in [0.2, 0.25) is 0 Å². The van der Waals surface area contributed by atoms with Crippen LogP contribution in [-0.4, -0.2) is 22.8 Å². The van der Waals surface area contributed by atoms with Gasteiger partial charge in [-0.15, -0.1) is 0 Å². The number of halogens is 3. The molecule has 1 unspecified atom stereocenters. The first-order valence-corrected chi connectivity index (χ1v) is 4.73. The maximum atomic E-state index is 12.7. The van der Waals surface area contributed by atoms with Crippen LogP contribution in [-0.2, 0) is 5.60 Å². The van der Waals surface area contributed by atoms with Gasteiger partial charge in [-0.1, -0.05) is 6.07 Å². The second-order valence-corrected chi connectivity index (χ2v) is 3.58. The van der Waals surface area contributed by atoms with Gasteiger partial charge in [-0.05, 0) is 19.5 Å². The Labute approximate surface area is 91.1 Å². The van der Waals surface area contributed by atoms with Crippen LogP contribution in [0.4, 0.5) is 13.2 Å². The van der Waals surface area contributed by atoms with Gasteiger partial charge >= 0.3 is 6.18 Å². The fourth-order valence-electron chi connectivity index (χ4n) is 1.37. The van der Waals surface area contributed by atoms with Gasteiger partial charge in [0, 0.05) is 23.9 Å². The molecule has 90 valence electrons. The Morgan fingerprint density at radius 1 is 1.38 bits per heavy atom. The van der Waals surface area contributed by atoms with Gasteiger partial charge in [0.1, 0.15) is 0 Å². The molecule has 3 nitrogen and oxygen atoms in total. The summed E-state index contributed by atoms with van der Waals surface area (Å²) in [5.41, 5.74) is 2.49. The summed E-state index contributed by atoms with van der Waals surface area (Å²) in [4.78, 5) is 3.74. The number of nitrogens with two attached hydrogens (primary N) is 1. The van der Waals surface area contributed by atoms with Crippen LogP contribution in [0.3, 0.4) is 0 Å². The van der Waals surface area contributed by atoms with E-state index in [0.717, 1.165) is 6.20 Å². The summed E-state index contributed by atoms with van der Waals surface area (Å²) in [7, 11) is 0. The van der Waals surface area contributed by atoms with Crippen LogP contribution in [0.2, 0.25) is 0 Å². The molecule has 0 aliphatic rings. The van der Waals surface area contributed by atoms with Crippen molar-refractivity contribution in [2.24, 2.45) is 5.73 Å². The molecule has 6 heteroatoms. The summed E-state index contributed by atoms with van der Waals surface area (Å²) in [6, 6.07) is 2.63. The Bertz CT molecular complexity index is 350. The monoisotopic (exact) mass is 234 g/mol. The number of hydrogen-bond acceptors (Lipinski definition) is 3. The zero-order valence-corrected chi connectivity index (χ0v) is 8.75. The molecule has 0 aliphatic heterocycles. The van der Waals surface area contributed by atoms with E-state index >= 15 is 0 Å². The van der Waals surface area contributed by atoms with Crippen LogP contribution in [0.1, 0.15) is 17.7 Å². The number of rotatable bonds is 3. The first-order chi connectivity index (χ1) is 7.31. The standard InChI is InChI=1S/C10H13F3N2O/c1-7-2-3-8(6-15-7)9(16,4-5-14)10(11,12)13/h2-3,6,16H,4-5,14H2,1H3. The second kappa shape index (κ2) is 4.39. The summed E-state index contributed by atoms with van der Waals surface area (Å²) in [5.74, 6) is 0. The minimum absolute atomic E-state index is 0.260. The Morgan fingerprint density at radius 3 is 2.38 bits per heavy atom. The van der Waals surface area contributed by atoms with E-state index < -0.39 is 18.2 Å². The molecule has 1 atom stereocenters. The van der Waals surface area contributed by atoms with E-state index in [-0.39, 0.29) is 12.1 Å². The molecule has 0 fully saturated rings. The van der Waals surface area contributed by atoms with Crippen molar-refractivity contribution in [1.82, 2.24) is 4.98 Å². The number of nitrogens with zero attached hydrogens (tertiary/aromatic N) is 1. The molecule has 0 aliphatic carbocycles. The topological polar surface area (TPSA) is 59.1 Å². The van der Waals surface area contributed by atoms with Crippen LogP contribution in [0.25, 0.3) is 0 Å². The number of hydrogen-bond donors (Lipinski definition) is 2. The zero-order valence-electron chi connectivity index (χ0n) is 8.75. The Morgan fingerprint density at radius 2 is 2.00 bits per heavy atom. The summed E-state index contributed by atoms with van der Waals surface area (Å²) in [5, 5.41) is 9.67. The zero-order chi connectivity index (χ0) is 12.4. The second-order valence-electron chi connectivity index (χ2n) is 3.58. The number of alkyl halides is 3. The molecule has 0 bridgehead atoms. The van der Waals surface area contributed by atoms with Crippen molar-refractivity contribution in [3.8, 4) is 0 Å². The molecular formula is C10H13F3N2O. The van der Waals surface area contributed by atoms with Crippen molar-refractivity contribution in [2.75, 3.05) is 6.54 Å². The van der Waals surface area contributed by atoms with Crippen molar-refractivity contribution in [3.63, 3.8) is 0 Å². The first-order valence-electron chi connectivity index (χ1n) is 4.73. The van der Waals surface area contributed by atoms with Crippen molar-refractivity contribution in [1.29, 1.82) is 0 Å². The van der Waals surface area contributed by atoms with Gasteiger partial charge in [0.05, 0.1) is 0 Å². The fraction of sp³-hybridized carbons (Fsp3) is 0.500. The third-order valence-electron chi connectivity index (χ3n) is 2.36. The average molecular weight is 234 g/mol. The van der Waals surface area contributed by atoms with E-state index in [1.807, 2.05) is 0 Å². The summed E-state index contributed by atoms with van der Waals surface area (Å²) in [6.45, 7) is 1.39. The summed E-state index contributed by atoms with van der Waals surface area (Å²) in [6.07, 6.45) is -4.32. The number of aliphatic hydroxyl groups is 1. The largest absolute Gasteiger partial charge is 0.421 e. The van der Waals surface area contributed by atoms with E-state index in [9.17, 15) is 18.3 Å². The molecule has 16 heavy (non-hydrogen) atoms. The van der Waals surface area contributed by atoms with Crippen molar-refractivity contribution < 1.29 is 18.3 Å². The fourth-order valence-corrected chi connectivity index (χ4v) is 1.37. The van der Waals surface area contributed by atoms with Gasteiger partial charge in [0.25, 0.3) is 0 Å². The number of pyridine rings is 1. The third-order valence-corrected chi connectivity index (χ3v) is 2.36. The minimum Gasteiger partial charge on any atom is -0.376 e. The van der Waals surface area contributed by atoms with E-state index in [4.69, 9.17) is 5.73 Å². The lowest BCUT2D eigenvalue weighted by Gasteiger charge is -2.30. The Kier molecular flexibility index (Phi) is 3.54. The smallest absolute Gasteiger partial charge is 0.376 e. The van der Waals surface area contributed by atoms with Crippen LogP contribution in [0.15, 0.2) is 18.3 Å². The lowest BCUT2D eigenvalue weighted by Crippen LogP contribution is -2.44. The molecule has 0 radical (unpaired) electrons. The average Bonchev–Trinajstić information content (AvgIpc) is 2.17. The predicted octanol–water partition coefficient (Wildman–Crippen LogP) is 1.49. The van der Waals surface area contributed by atoms with Crippen LogP contribution in [0, 0.1) is 6.92 Å². The summed E-state index contributed by atoms with van der Waals surface area (Å²) < 4.78 is 38.2. The van der Waals surface area contributed by atoms with Crippen LogP contribution in [0.5, 0.6) is 0 Å². The van der Waals surface area contributed by atoms with E-state index in [2.05, 4.69) is 4.98 Å². The lowest BCUT2D eigenvalue weighted by atomic mass is 9.91. The lowest BCUT2D eigenvalue weighted by molar-refractivity contribution is -0.268. The van der Waals surface area contributed by atoms with Gasteiger partial charge in [0.15, 0.2) is 5.60 Å². The number of aryl methyl sites for hydroxylation is 1.